The molecule has 0 radical (unpaired) electrons. The summed E-state index contributed by atoms with van der Waals surface area (Å²) >= 11 is 6.01. The third kappa shape index (κ3) is 4.64. The molecule has 1 atom stereocenters. The third-order valence-corrected chi connectivity index (χ3v) is 3.86. The lowest BCUT2D eigenvalue weighted by atomic mass is 10.1. The fraction of sp³-hybridized carbons (Fsp3) is 0.235. The van der Waals surface area contributed by atoms with Gasteiger partial charge in [-0.3, -0.25) is 4.79 Å². The van der Waals surface area contributed by atoms with Crippen molar-refractivity contribution in [3.63, 3.8) is 0 Å². The van der Waals surface area contributed by atoms with Gasteiger partial charge < -0.3 is 15.7 Å². The maximum Gasteiger partial charge on any atom is 0.426 e. The maximum atomic E-state index is 12.7. The van der Waals surface area contributed by atoms with E-state index in [9.17, 15) is 23.1 Å². The summed E-state index contributed by atoms with van der Waals surface area (Å²) in [5.74, 6) is -1.60. The minimum atomic E-state index is -5.09. The number of carbonyl (C=O) groups is 1. The molecular weight excluding hydrogens is 357 g/mol. The lowest BCUT2D eigenvalue weighted by Gasteiger charge is -2.25. The van der Waals surface area contributed by atoms with Crippen LogP contribution in [0.3, 0.4) is 0 Å². The summed E-state index contributed by atoms with van der Waals surface area (Å²) in [6.07, 6.45) is -5.09. The van der Waals surface area contributed by atoms with Crippen molar-refractivity contribution in [1.82, 2.24) is 0 Å². The van der Waals surface area contributed by atoms with Crippen molar-refractivity contribution >= 4 is 28.9 Å². The first-order valence-corrected chi connectivity index (χ1v) is 7.67. The van der Waals surface area contributed by atoms with Gasteiger partial charge in [0.1, 0.15) is 0 Å². The molecule has 2 rings (SSSR count). The maximum absolute atomic E-state index is 12.7. The van der Waals surface area contributed by atoms with Gasteiger partial charge in [-0.2, -0.15) is 13.2 Å². The van der Waals surface area contributed by atoms with Crippen LogP contribution in [-0.4, -0.2) is 22.8 Å². The number of hydrogen-bond acceptors (Lipinski definition) is 3. The van der Waals surface area contributed by atoms with E-state index in [2.05, 4.69) is 5.32 Å². The minimum absolute atomic E-state index is 0.0142. The lowest BCUT2D eigenvalue weighted by Crippen LogP contribution is -2.52. The number of nitrogens with one attached hydrogen (secondary N) is 2. The smallest absolute Gasteiger partial charge is 0.381 e. The molecule has 2 aromatic carbocycles. The molecular formula is C17H16ClF3N2O2. The molecule has 0 aliphatic rings. The van der Waals surface area contributed by atoms with Crippen molar-refractivity contribution in [3.8, 4) is 0 Å². The topological polar surface area (TPSA) is 61.4 Å². The van der Waals surface area contributed by atoms with Crippen LogP contribution in [0.25, 0.3) is 0 Å². The highest BCUT2D eigenvalue weighted by Crippen LogP contribution is 2.32. The fourth-order valence-corrected chi connectivity index (χ4v) is 2.15. The molecule has 25 heavy (non-hydrogen) atoms. The number of carbonyl (C=O) groups excluding carboxylic acids is 1. The normalized spacial score (nSPS) is 13.8. The van der Waals surface area contributed by atoms with Gasteiger partial charge >= 0.3 is 6.18 Å². The Hall–Kier alpha value is -2.25. The molecule has 1 amide bonds. The van der Waals surface area contributed by atoms with E-state index >= 15 is 0 Å². The Labute approximate surface area is 147 Å². The monoisotopic (exact) mass is 372 g/mol. The van der Waals surface area contributed by atoms with Crippen LogP contribution in [0.1, 0.15) is 12.5 Å². The molecule has 0 spiro atoms. The zero-order valence-corrected chi connectivity index (χ0v) is 13.9. The summed E-state index contributed by atoms with van der Waals surface area (Å²) in [5.41, 5.74) is -1.85. The molecule has 3 N–H and O–H groups in total. The summed E-state index contributed by atoms with van der Waals surface area (Å²) in [5, 5.41) is 14.6. The van der Waals surface area contributed by atoms with Gasteiger partial charge in [-0.05, 0) is 36.8 Å². The zero-order chi connectivity index (χ0) is 18.7. The molecule has 0 saturated carbocycles. The first-order chi connectivity index (χ1) is 11.6. The van der Waals surface area contributed by atoms with Gasteiger partial charge in [0.15, 0.2) is 0 Å². The predicted octanol–water partition coefficient (Wildman–Crippen LogP) is 4.20. The number of halogens is 4. The van der Waals surface area contributed by atoms with Gasteiger partial charge in [0.2, 0.25) is 5.60 Å². The highest BCUT2D eigenvalue weighted by atomic mass is 35.5. The Morgan fingerprint density at radius 1 is 1.16 bits per heavy atom. The summed E-state index contributed by atoms with van der Waals surface area (Å²) in [4.78, 5) is 11.7. The van der Waals surface area contributed by atoms with E-state index in [1.807, 2.05) is 35.6 Å². The first kappa shape index (κ1) is 19.1. The van der Waals surface area contributed by atoms with Crippen molar-refractivity contribution in [3.05, 3.63) is 59.1 Å². The number of hydrogen-bond donors (Lipinski definition) is 3. The molecule has 4 nitrogen and oxygen atoms in total. The standard InChI is InChI=1S/C17H16ClF3N2O2/c1-16(25,17(19,20)21)15(24)23-14-8-7-11(9-13(14)18)10-22-12-5-3-2-4-6-12/h2-9,22,25H,10H2,1H3,(H,23,24). The molecule has 0 aliphatic carbocycles. The van der Waals surface area contributed by atoms with Gasteiger partial charge in [0.25, 0.3) is 5.91 Å². The Kier molecular flexibility index (Phi) is 5.59. The second-order valence-corrected chi connectivity index (χ2v) is 5.97. The van der Waals surface area contributed by atoms with Crippen LogP contribution >= 0.6 is 11.6 Å². The average Bonchev–Trinajstić information content (AvgIpc) is 2.55. The van der Waals surface area contributed by atoms with E-state index in [4.69, 9.17) is 11.6 Å². The largest absolute Gasteiger partial charge is 0.426 e. The fourth-order valence-electron chi connectivity index (χ4n) is 1.90. The zero-order valence-electron chi connectivity index (χ0n) is 13.2. The highest BCUT2D eigenvalue weighted by Gasteiger charge is 2.55. The second kappa shape index (κ2) is 7.33. The van der Waals surface area contributed by atoms with Crippen molar-refractivity contribution < 1.29 is 23.1 Å². The highest BCUT2D eigenvalue weighted by molar-refractivity contribution is 6.33. The molecule has 0 heterocycles. The number of rotatable bonds is 5. The Morgan fingerprint density at radius 2 is 1.80 bits per heavy atom. The van der Waals surface area contributed by atoms with E-state index in [-0.39, 0.29) is 10.7 Å². The van der Waals surface area contributed by atoms with Gasteiger partial charge in [0, 0.05) is 12.2 Å². The summed E-state index contributed by atoms with van der Waals surface area (Å²) in [6, 6.07) is 13.9. The number of aliphatic hydroxyl groups is 1. The van der Waals surface area contributed by atoms with Crippen LogP contribution < -0.4 is 10.6 Å². The Bertz CT molecular complexity index is 749. The summed E-state index contributed by atoms with van der Waals surface area (Å²) in [7, 11) is 0. The predicted molar refractivity (Wildman–Crippen MR) is 90.5 cm³/mol. The van der Waals surface area contributed by atoms with Gasteiger partial charge in [0.05, 0.1) is 10.7 Å². The summed E-state index contributed by atoms with van der Waals surface area (Å²) in [6.45, 7) is 0.826. The third-order valence-electron chi connectivity index (χ3n) is 3.55. The van der Waals surface area contributed by atoms with Gasteiger partial charge in [-0.1, -0.05) is 35.9 Å². The van der Waals surface area contributed by atoms with E-state index in [0.717, 1.165) is 11.3 Å². The van der Waals surface area contributed by atoms with Crippen LogP contribution in [0.2, 0.25) is 5.02 Å². The molecule has 134 valence electrons. The quantitative estimate of drug-likeness (QED) is 0.737. The Morgan fingerprint density at radius 3 is 2.36 bits per heavy atom. The number of para-hydroxylation sites is 1. The van der Waals surface area contributed by atoms with Gasteiger partial charge in [-0.15, -0.1) is 0 Å². The molecule has 0 aromatic heterocycles. The van der Waals surface area contributed by atoms with Crippen molar-refractivity contribution in [2.45, 2.75) is 25.2 Å². The Balaban J connectivity index is 2.05. The number of anilines is 2. The minimum Gasteiger partial charge on any atom is -0.381 e. The number of amides is 1. The number of alkyl halides is 3. The molecule has 8 heteroatoms. The van der Waals surface area contributed by atoms with E-state index in [1.165, 1.54) is 12.1 Å². The SMILES string of the molecule is CC(O)(C(=O)Nc1ccc(CNc2ccccc2)cc1Cl)C(F)(F)F. The van der Waals surface area contributed by atoms with E-state index in [1.54, 1.807) is 6.07 Å². The molecule has 0 bridgehead atoms. The number of benzene rings is 2. The van der Waals surface area contributed by atoms with Crippen LogP contribution in [0.15, 0.2) is 48.5 Å². The molecule has 0 fully saturated rings. The molecule has 2 aromatic rings. The van der Waals surface area contributed by atoms with Crippen molar-refractivity contribution in [1.29, 1.82) is 0 Å². The van der Waals surface area contributed by atoms with Crippen LogP contribution in [0.5, 0.6) is 0 Å². The van der Waals surface area contributed by atoms with Crippen LogP contribution in [0.4, 0.5) is 24.5 Å². The van der Waals surface area contributed by atoms with E-state index < -0.39 is 17.7 Å². The average molecular weight is 373 g/mol. The van der Waals surface area contributed by atoms with Gasteiger partial charge in [-0.25, -0.2) is 0 Å². The lowest BCUT2D eigenvalue weighted by molar-refractivity contribution is -0.242. The van der Waals surface area contributed by atoms with Crippen molar-refractivity contribution in [2.75, 3.05) is 10.6 Å². The molecule has 1 unspecified atom stereocenters. The molecule has 0 aliphatic heterocycles. The van der Waals surface area contributed by atoms with Crippen molar-refractivity contribution in [2.24, 2.45) is 0 Å². The molecule has 0 saturated heterocycles. The van der Waals surface area contributed by atoms with Crippen LogP contribution in [-0.2, 0) is 11.3 Å². The first-order valence-electron chi connectivity index (χ1n) is 7.29. The van der Waals surface area contributed by atoms with E-state index in [0.29, 0.717) is 13.5 Å². The summed E-state index contributed by atoms with van der Waals surface area (Å²) < 4.78 is 38.0. The van der Waals surface area contributed by atoms with Crippen LogP contribution in [0, 0.1) is 0 Å². The second-order valence-electron chi connectivity index (χ2n) is 5.56.